The summed E-state index contributed by atoms with van der Waals surface area (Å²) < 4.78 is 5.92. The summed E-state index contributed by atoms with van der Waals surface area (Å²) in [4.78, 5) is 22.0. The highest BCUT2D eigenvalue weighted by molar-refractivity contribution is 6.19. The van der Waals surface area contributed by atoms with Crippen LogP contribution < -0.4 is 16.2 Å². The summed E-state index contributed by atoms with van der Waals surface area (Å²) in [5, 5.41) is 10.9. The monoisotopic (exact) mass is 413 g/mol. The number of amidine groups is 1. The second-order valence-corrected chi connectivity index (χ2v) is 7.18. The van der Waals surface area contributed by atoms with Crippen LogP contribution in [0.4, 0.5) is 5.69 Å². The molecular weight excluding hydrogens is 394 g/mol. The Hall–Kier alpha value is -4.11. The topological polar surface area (TPSA) is 113 Å². The predicted molar refractivity (Wildman–Crippen MR) is 115 cm³/mol. The molecular formula is C22H19N7O2. The average molecular weight is 413 g/mol. The molecule has 5 rings (SSSR count). The summed E-state index contributed by atoms with van der Waals surface area (Å²) in [7, 11) is 0. The number of carbonyl (C=O) groups is 1. The van der Waals surface area contributed by atoms with E-state index in [-0.39, 0.29) is 11.9 Å². The van der Waals surface area contributed by atoms with Crippen LogP contribution in [0.1, 0.15) is 23.7 Å². The number of hydrazine groups is 1. The lowest BCUT2D eigenvalue weighted by molar-refractivity contribution is -0.117. The Morgan fingerprint density at radius 2 is 1.84 bits per heavy atom. The number of aromatic nitrogens is 2. The number of carbonyl (C=O) groups excluding carboxylic acids is 1. The first-order valence-electron chi connectivity index (χ1n) is 9.74. The molecule has 31 heavy (non-hydrogen) atoms. The molecule has 2 aliphatic heterocycles. The van der Waals surface area contributed by atoms with E-state index in [1.165, 1.54) is 0 Å². The van der Waals surface area contributed by atoms with Crippen LogP contribution in [0.3, 0.4) is 0 Å². The first kappa shape index (κ1) is 18.9. The van der Waals surface area contributed by atoms with E-state index in [0.29, 0.717) is 17.1 Å². The highest BCUT2D eigenvalue weighted by atomic mass is 16.6. The minimum absolute atomic E-state index is 0.135. The molecule has 2 unspecified atom stereocenters. The molecule has 0 saturated carbocycles. The SMILES string of the molecule is CC1(c2cccnn2)NNC(=NC2N=C(c3ccccc3)c3ccccc3NC2=O)O1. The Morgan fingerprint density at radius 1 is 1.03 bits per heavy atom. The highest BCUT2D eigenvalue weighted by Crippen LogP contribution is 2.26. The average Bonchev–Trinajstić information content (AvgIpc) is 3.13. The van der Waals surface area contributed by atoms with Gasteiger partial charge in [-0.25, -0.2) is 4.99 Å². The zero-order valence-electron chi connectivity index (χ0n) is 16.6. The van der Waals surface area contributed by atoms with Crippen molar-refractivity contribution in [2.24, 2.45) is 9.98 Å². The normalized spacial score (nSPS) is 23.8. The molecule has 0 radical (unpaired) electrons. The number of amides is 1. The molecule has 9 nitrogen and oxygen atoms in total. The standard InChI is InChI=1S/C22H19N7O2/c1-22(17-12-7-13-23-27-17)29-28-21(31-22)26-19-20(30)24-16-11-6-5-10-15(16)18(25-19)14-8-3-2-4-9-14/h2-13,19,29H,1H3,(H,24,30)(H,26,28). The first-order valence-corrected chi connectivity index (χ1v) is 9.74. The zero-order valence-corrected chi connectivity index (χ0v) is 16.6. The van der Waals surface area contributed by atoms with Gasteiger partial charge in [0.25, 0.3) is 5.91 Å². The van der Waals surface area contributed by atoms with Gasteiger partial charge in [-0.3, -0.25) is 10.2 Å². The Labute approximate surface area is 178 Å². The van der Waals surface area contributed by atoms with Crippen molar-refractivity contribution in [1.29, 1.82) is 0 Å². The summed E-state index contributed by atoms with van der Waals surface area (Å²) in [6.07, 6.45) is 0.536. The number of benzene rings is 2. The van der Waals surface area contributed by atoms with Crippen molar-refractivity contribution < 1.29 is 9.53 Å². The molecule has 3 aromatic rings. The van der Waals surface area contributed by atoms with Crippen LogP contribution >= 0.6 is 0 Å². The smallest absolute Gasteiger partial charge is 0.304 e. The van der Waals surface area contributed by atoms with Gasteiger partial charge in [-0.1, -0.05) is 48.5 Å². The lowest BCUT2D eigenvalue weighted by atomic mass is 10.0. The van der Waals surface area contributed by atoms with Gasteiger partial charge in [-0.15, -0.1) is 5.10 Å². The fraction of sp³-hybridized carbons (Fsp3) is 0.136. The fourth-order valence-corrected chi connectivity index (χ4v) is 3.42. The molecule has 1 fully saturated rings. The van der Waals surface area contributed by atoms with Crippen LogP contribution in [-0.4, -0.2) is 34.0 Å². The molecule has 1 aromatic heterocycles. The minimum Gasteiger partial charge on any atom is -0.435 e. The zero-order chi connectivity index (χ0) is 21.3. The van der Waals surface area contributed by atoms with Crippen LogP contribution in [0, 0.1) is 0 Å². The Kier molecular flexibility index (Phi) is 4.64. The van der Waals surface area contributed by atoms with E-state index in [9.17, 15) is 4.79 Å². The largest absolute Gasteiger partial charge is 0.435 e. The Balaban J connectivity index is 1.52. The van der Waals surface area contributed by atoms with Gasteiger partial charge in [-0.2, -0.15) is 15.5 Å². The van der Waals surface area contributed by atoms with Gasteiger partial charge in [0, 0.05) is 17.3 Å². The molecule has 1 saturated heterocycles. The number of hydrogen-bond donors (Lipinski definition) is 3. The van der Waals surface area contributed by atoms with E-state index in [0.717, 1.165) is 11.1 Å². The van der Waals surface area contributed by atoms with Crippen molar-refractivity contribution >= 4 is 23.3 Å². The van der Waals surface area contributed by atoms with Crippen LogP contribution in [0.2, 0.25) is 0 Å². The number of anilines is 1. The molecule has 9 heteroatoms. The summed E-state index contributed by atoms with van der Waals surface area (Å²) in [6.45, 7) is 1.79. The molecule has 2 aliphatic rings. The number of nitrogens with one attached hydrogen (secondary N) is 3. The van der Waals surface area contributed by atoms with E-state index in [2.05, 4.69) is 31.4 Å². The number of nitrogens with zero attached hydrogens (tertiary/aromatic N) is 4. The number of hydrogen-bond acceptors (Lipinski definition) is 7. The van der Waals surface area contributed by atoms with Gasteiger partial charge in [0.15, 0.2) is 0 Å². The molecule has 0 aliphatic carbocycles. The van der Waals surface area contributed by atoms with Crippen LogP contribution in [-0.2, 0) is 15.3 Å². The van der Waals surface area contributed by atoms with Crippen molar-refractivity contribution in [2.45, 2.75) is 18.8 Å². The maximum atomic E-state index is 12.9. The predicted octanol–water partition coefficient (Wildman–Crippen LogP) is 1.95. The minimum atomic E-state index is -1.05. The molecule has 1 amide bonds. The van der Waals surface area contributed by atoms with Gasteiger partial charge in [0.2, 0.25) is 11.9 Å². The molecule has 3 heterocycles. The Morgan fingerprint density at radius 3 is 2.65 bits per heavy atom. The molecule has 2 aromatic carbocycles. The van der Waals surface area contributed by atoms with E-state index >= 15 is 0 Å². The van der Waals surface area contributed by atoms with Crippen molar-refractivity contribution in [1.82, 2.24) is 21.0 Å². The van der Waals surface area contributed by atoms with Crippen LogP contribution in [0.5, 0.6) is 0 Å². The maximum absolute atomic E-state index is 12.9. The van der Waals surface area contributed by atoms with Gasteiger partial charge in [0.05, 0.1) is 11.4 Å². The van der Waals surface area contributed by atoms with Gasteiger partial charge < -0.3 is 10.1 Å². The fourth-order valence-electron chi connectivity index (χ4n) is 3.42. The third-order valence-electron chi connectivity index (χ3n) is 4.98. The van der Waals surface area contributed by atoms with E-state index < -0.39 is 11.9 Å². The highest BCUT2D eigenvalue weighted by Gasteiger charge is 2.38. The number of ether oxygens (including phenoxy) is 1. The van der Waals surface area contributed by atoms with Gasteiger partial charge in [0.1, 0.15) is 5.69 Å². The second kappa shape index (κ2) is 7.62. The van der Waals surface area contributed by atoms with Gasteiger partial charge >= 0.3 is 6.02 Å². The lowest BCUT2D eigenvalue weighted by Crippen LogP contribution is -2.40. The van der Waals surface area contributed by atoms with Crippen molar-refractivity contribution in [2.75, 3.05) is 5.32 Å². The van der Waals surface area contributed by atoms with Crippen LogP contribution in [0.25, 0.3) is 0 Å². The number of fused-ring (bicyclic) bond motifs is 1. The number of aliphatic imine (C=N–C) groups is 2. The third kappa shape index (κ3) is 3.62. The second-order valence-electron chi connectivity index (χ2n) is 7.18. The molecule has 3 N–H and O–H groups in total. The maximum Gasteiger partial charge on any atom is 0.304 e. The van der Waals surface area contributed by atoms with Crippen molar-refractivity contribution in [3.63, 3.8) is 0 Å². The van der Waals surface area contributed by atoms with Crippen molar-refractivity contribution in [3.05, 3.63) is 89.7 Å². The summed E-state index contributed by atoms with van der Waals surface area (Å²) in [5.41, 5.74) is 8.52. The first-order chi connectivity index (χ1) is 15.1. The van der Waals surface area contributed by atoms with Gasteiger partial charge in [-0.05, 0) is 25.1 Å². The molecule has 0 spiro atoms. The summed E-state index contributed by atoms with van der Waals surface area (Å²) in [5.74, 6) is -0.357. The van der Waals surface area contributed by atoms with E-state index in [1.54, 1.807) is 25.3 Å². The number of benzodiazepines with no additional fused rings is 1. The molecule has 2 atom stereocenters. The van der Waals surface area contributed by atoms with E-state index in [1.807, 2.05) is 54.6 Å². The number of rotatable bonds is 3. The third-order valence-corrected chi connectivity index (χ3v) is 4.98. The summed E-state index contributed by atoms with van der Waals surface area (Å²) >= 11 is 0. The Bertz CT molecular complexity index is 1180. The number of para-hydroxylation sites is 1. The summed E-state index contributed by atoms with van der Waals surface area (Å²) in [6, 6.07) is 20.9. The quantitative estimate of drug-likeness (QED) is 0.605. The molecule has 154 valence electrons. The van der Waals surface area contributed by atoms with Crippen LogP contribution in [0.15, 0.2) is 82.9 Å². The van der Waals surface area contributed by atoms with E-state index in [4.69, 9.17) is 9.73 Å². The lowest BCUT2D eigenvalue weighted by Gasteiger charge is -2.19. The molecule has 0 bridgehead atoms. The van der Waals surface area contributed by atoms with Crippen molar-refractivity contribution in [3.8, 4) is 0 Å².